The summed E-state index contributed by atoms with van der Waals surface area (Å²) >= 11 is 1.53. The quantitative estimate of drug-likeness (QED) is 0.824. The van der Waals surface area contributed by atoms with Crippen molar-refractivity contribution in [3.8, 4) is 0 Å². The van der Waals surface area contributed by atoms with E-state index in [9.17, 15) is 4.79 Å². The van der Waals surface area contributed by atoms with Gasteiger partial charge in [0.05, 0.1) is 11.4 Å². The largest absolute Gasteiger partial charge is 0.399 e. The van der Waals surface area contributed by atoms with Gasteiger partial charge in [-0.2, -0.15) is 0 Å². The Morgan fingerprint density at radius 3 is 2.71 bits per heavy atom. The van der Waals surface area contributed by atoms with Crippen LogP contribution in [0.1, 0.15) is 17.0 Å². The van der Waals surface area contributed by atoms with Gasteiger partial charge in [-0.25, -0.2) is 4.98 Å². The topological polar surface area (TPSA) is 56.0 Å². The van der Waals surface area contributed by atoms with Crippen LogP contribution in [0.3, 0.4) is 0 Å². The summed E-state index contributed by atoms with van der Waals surface area (Å²) in [5.74, 6) is 0.233. The van der Waals surface area contributed by atoms with Crippen molar-refractivity contribution < 1.29 is 4.79 Å². The van der Waals surface area contributed by atoms with Gasteiger partial charge in [-0.15, -0.1) is 11.3 Å². The van der Waals surface area contributed by atoms with Gasteiger partial charge in [-0.3, -0.25) is 4.79 Å². The lowest BCUT2D eigenvalue weighted by Gasteiger charge is -2.01. The minimum Gasteiger partial charge on any atom is -0.399 e. The summed E-state index contributed by atoms with van der Waals surface area (Å²) in [5.41, 5.74) is 7.50. The molecule has 0 amide bonds. The van der Waals surface area contributed by atoms with E-state index in [2.05, 4.69) is 4.98 Å². The van der Waals surface area contributed by atoms with Crippen molar-refractivity contribution in [2.75, 3.05) is 5.73 Å². The van der Waals surface area contributed by atoms with Crippen LogP contribution in [0, 0.1) is 0 Å². The highest BCUT2D eigenvalue weighted by atomic mass is 32.1. The number of nitrogens with zero attached hydrogens (tertiary/aromatic N) is 1. The smallest absolute Gasteiger partial charge is 0.140 e. The molecule has 3 nitrogen and oxygen atoms in total. The van der Waals surface area contributed by atoms with Gasteiger partial charge in [0.2, 0.25) is 0 Å². The molecule has 0 unspecified atom stereocenters. The monoisotopic (exact) mass is 246 g/mol. The zero-order valence-electron chi connectivity index (χ0n) is 9.43. The molecular weight excluding hydrogens is 232 g/mol. The molecule has 2 N–H and O–H groups in total. The van der Waals surface area contributed by atoms with Gasteiger partial charge < -0.3 is 5.73 Å². The number of rotatable bonds is 5. The fourth-order valence-electron chi connectivity index (χ4n) is 1.57. The van der Waals surface area contributed by atoms with Crippen LogP contribution in [0.25, 0.3) is 0 Å². The number of hydrogen-bond acceptors (Lipinski definition) is 4. The maximum Gasteiger partial charge on any atom is 0.140 e. The molecule has 0 fully saturated rings. The van der Waals surface area contributed by atoms with E-state index in [0.29, 0.717) is 12.8 Å². The minimum atomic E-state index is 0.233. The molecule has 0 saturated carbocycles. The summed E-state index contributed by atoms with van der Waals surface area (Å²) < 4.78 is 0. The van der Waals surface area contributed by atoms with Crippen LogP contribution < -0.4 is 5.73 Å². The molecule has 0 aliphatic rings. The average Bonchev–Trinajstić information content (AvgIpc) is 2.81. The summed E-state index contributed by atoms with van der Waals surface area (Å²) in [4.78, 5) is 15.8. The first-order chi connectivity index (χ1) is 8.24. The number of hydrogen-bond donors (Lipinski definition) is 1. The Kier molecular flexibility index (Phi) is 3.88. The predicted octanol–water partition coefficient (Wildman–Crippen LogP) is 2.47. The fraction of sp³-hybridized carbons (Fsp3) is 0.231. The molecule has 4 heteroatoms. The molecule has 0 spiro atoms. The van der Waals surface area contributed by atoms with Gasteiger partial charge in [0, 0.05) is 23.7 Å². The minimum absolute atomic E-state index is 0.233. The molecule has 17 heavy (non-hydrogen) atoms. The van der Waals surface area contributed by atoms with Crippen LogP contribution in [0.4, 0.5) is 5.69 Å². The number of aromatic nitrogens is 1. The Balaban J connectivity index is 1.82. The van der Waals surface area contributed by atoms with E-state index in [1.807, 2.05) is 29.6 Å². The number of nitrogens with two attached hydrogens (primary N) is 1. The Hall–Kier alpha value is -1.68. The number of carbonyl (C=O) groups is 1. The van der Waals surface area contributed by atoms with E-state index in [4.69, 9.17) is 5.73 Å². The lowest BCUT2D eigenvalue weighted by molar-refractivity contribution is -0.118. The van der Waals surface area contributed by atoms with E-state index < -0.39 is 0 Å². The van der Waals surface area contributed by atoms with Crippen LogP contribution >= 0.6 is 11.3 Å². The number of nitrogen functional groups attached to an aromatic ring is 1. The molecule has 0 atom stereocenters. The number of Topliss-reactive ketones (excluding diaryl/α,β-unsaturated/α-hetero) is 1. The third-order valence-corrected chi connectivity index (χ3v) is 3.28. The first-order valence-electron chi connectivity index (χ1n) is 5.48. The highest BCUT2D eigenvalue weighted by Gasteiger charge is 2.06. The van der Waals surface area contributed by atoms with Gasteiger partial charge in [-0.05, 0) is 24.1 Å². The Morgan fingerprint density at radius 1 is 1.29 bits per heavy atom. The molecule has 1 aromatic carbocycles. The zero-order chi connectivity index (χ0) is 12.1. The molecule has 1 heterocycles. The average molecular weight is 246 g/mol. The van der Waals surface area contributed by atoms with Crippen molar-refractivity contribution in [3.63, 3.8) is 0 Å². The Morgan fingerprint density at radius 2 is 2.06 bits per heavy atom. The van der Waals surface area contributed by atoms with Gasteiger partial charge in [-0.1, -0.05) is 12.1 Å². The molecular formula is C13H14N2OS. The number of benzene rings is 1. The molecule has 0 bridgehead atoms. The lowest BCUT2D eigenvalue weighted by atomic mass is 10.1. The van der Waals surface area contributed by atoms with E-state index >= 15 is 0 Å². The number of anilines is 1. The van der Waals surface area contributed by atoms with Crippen LogP contribution in [0.5, 0.6) is 0 Å². The molecule has 2 rings (SSSR count). The standard InChI is InChI=1S/C13H14N2OS/c14-11-4-1-10(2-5-11)3-6-12(16)9-13-15-7-8-17-13/h1-2,4-5,7-8H,3,6,9,14H2. The SMILES string of the molecule is Nc1ccc(CCC(=O)Cc2nccs2)cc1. The van der Waals surface area contributed by atoms with Crippen molar-refractivity contribution in [1.29, 1.82) is 0 Å². The van der Waals surface area contributed by atoms with Gasteiger partial charge in [0.25, 0.3) is 0 Å². The van der Waals surface area contributed by atoms with Crippen molar-refractivity contribution in [3.05, 3.63) is 46.4 Å². The maximum atomic E-state index is 11.7. The third-order valence-electron chi connectivity index (χ3n) is 2.50. The number of thiazole rings is 1. The van der Waals surface area contributed by atoms with E-state index in [1.165, 1.54) is 11.3 Å². The molecule has 0 aliphatic heterocycles. The summed E-state index contributed by atoms with van der Waals surface area (Å²) in [6, 6.07) is 7.65. The second kappa shape index (κ2) is 5.59. The molecule has 88 valence electrons. The molecule has 0 radical (unpaired) electrons. The van der Waals surface area contributed by atoms with Gasteiger partial charge in [0.1, 0.15) is 5.78 Å². The van der Waals surface area contributed by atoms with Crippen molar-refractivity contribution in [2.24, 2.45) is 0 Å². The number of carbonyl (C=O) groups excluding carboxylic acids is 1. The van der Waals surface area contributed by atoms with Crippen molar-refractivity contribution in [1.82, 2.24) is 4.98 Å². The normalized spacial score (nSPS) is 10.4. The summed E-state index contributed by atoms with van der Waals surface area (Å²) in [6.45, 7) is 0. The first kappa shape index (κ1) is 11.8. The summed E-state index contributed by atoms with van der Waals surface area (Å²) in [7, 11) is 0. The van der Waals surface area contributed by atoms with Crippen molar-refractivity contribution in [2.45, 2.75) is 19.3 Å². The Bertz CT molecular complexity index is 477. The predicted molar refractivity (Wildman–Crippen MR) is 70.0 cm³/mol. The van der Waals surface area contributed by atoms with Crippen LogP contribution in [0.2, 0.25) is 0 Å². The van der Waals surface area contributed by atoms with Gasteiger partial charge in [0.15, 0.2) is 0 Å². The summed E-state index contributed by atoms with van der Waals surface area (Å²) in [5, 5.41) is 2.79. The highest BCUT2D eigenvalue weighted by Crippen LogP contribution is 2.10. The van der Waals surface area contributed by atoms with E-state index in [-0.39, 0.29) is 5.78 Å². The zero-order valence-corrected chi connectivity index (χ0v) is 10.2. The lowest BCUT2D eigenvalue weighted by Crippen LogP contribution is -2.04. The maximum absolute atomic E-state index is 11.7. The van der Waals surface area contributed by atoms with E-state index in [0.717, 1.165) is 22.7 Å². The van der Waals surface area contributed by atoms with Crippen molar-refractivity contribution >= 4 is 22.8 Å². The fourth-order valence-corrected chi connectivity index (χ4v) is 2.21. The Labute approximate surface area is 104 Å². The van der Waals surface area contributed by atoms with Crippen LogP contribution in [-0.2, 0) is 17.6 Å². The van der Waals surface area contributed by atoms with Crippen LogP contribution in [0.15, 0.2) is 35.8 Å². The molecule has 1 aromatic heterocycles. The first-order valence-corrected chi connectivity index (χ1v) is 6.36. The highest BCUT2D eigenvalue weighted by molar-refractivity contribution is 7.09. The second-order valence-electron chi connectivity index (χ2n) is 3.88. The summed E-state index contributed by atoms with van der Waals surface area (Å²) in [6.07, 6.45) is 3.51. The molecule has 0 aliphatic carbocycles. The molecule has 2 aromatic rings. The second-order valence-corrected chi connectivity index (χ2v) is 4.86. The third kappa shape index (κ3) is 3.67. The number of aryl methyl sites for hydroxylation is 1. The number of ketones is 1. The van der Waals surface area contributed by atoms with E-state index in [1.54, 1.807) is 6.20 Å². The van der Waals surface area contributed by atoms with Crippen LogP contribution in [-0.4, -0.2) is 10.8 Å². The molecule has 0 saturated heterocycles. The van der Waals surface area contributed by atoms with Gasteiger partial charge >= 0.3 is 0 Å².